The van der Waals surface area contributed by atoms with E-state index in [0.29, 0.717) is 6.61 Å². The van der Waals surface area contributed by atoms with Crippen molar-refractivity contribution < 1.29 is 9.53 Å². The van der Waals surface area contributed by atoms with E-state index >= 15 is 0 Å². The largest absolute Gasteiger partial charge is 0.463 e. The van der Waals surface area contributed by atoms with Gasteiger partial charge in [0, 0.05) is 18.9 Å². The predicted octanol–water partition coefficient (Wildman–Crippen LogP) is 1.94. The summed E-state index contributed by atoms with van der Waals surface area (Å²) < 4.78 is 6.60. The number of aromatic nitrogens is 2. The number of ether oxygens (including phenoxy) is 1. The van der Waals surface area contributed by atoms with Gasteiger partial charge in [0.05, 0.1) is 17.3 Å². The van der Waals surface area contributed by atoms with Crippen LogP contribution in [0.4, 0.5) is 0 Å². The van der Waals surface area contributed by atoms with Crippen molar-refractivity contribution in [2.75, 3.05) is 12.4 Å². The molecule has 0 unspecified atom stereocenters. The molecule has 0 bridgehead atoms. The fraction of sp³-hybridized carbons (Fsp3) is 0.455. The molecule has 1 heterocycles. The van der Waals surface area contributed by atoms with Gasteiger partial charge in [-0.05, 0) is 19.9 Å². The maximum absolute atomic E-state index is 11.0. The fourth-order valence-corrected chi connectivity index (χ4v) is 2.03. The molecule has 0 radical (unpaired) electrons. The van der Waals surface area contributed by atoms with Gasteiger partial charge >= 0.3 is 5.97 Å². The van der Waals surface area contributed by atoms with E-state index in [1.54, 1.807) is 24.8 Å². The Hall–Kier alpha value is -1.23. The zero-order valence-corrected chi connectivity index (χ0v) is 10.6. The van der Waals surface area contributed by atoms with E-state index in [-0.39, 0.29) is 5.97 Å². The molecule has 0 N–H and O–H groups in total. The standard InChI is InChI=1S/C11H16N2O2S/c1-4-15-11(14)6-5-7-16-10-8-9(2)12-13(10)3/h5-6,8H,4,7H2,1-3H3/b6-5+. The van der Waals surface area contributed by atoms with E-state index in [4.69, 9.17) is 4.74 Å². The SMILES string of the molecule is CCOC(=O)/C=C/CSc1cc(C)nn1C. The molecule has 0 saturated heterocycles. The van der Waals surface area contributed by atoms with Crippen LogP contribution in [0.3, 0.4) is 0 Å². The smallest absolute Gasteiger partial charge is 0.330 e. The van der Waals surface area contributed by atoms with Crippen LogP contribution in [0.15, 0.2) is 23.2 Å². The molecule has 0 aromatic carbocycles. The number of carbonyl (C=O) groups is 1. The Morgan fingerprint density at radius 2 is 2.44 bits per heavy atom. The van der Waals surface area contributed by atoms with Crippen molar-refractivity contribution in [3.8, 4) is 0 Å². The topological polar surface area (TPSA) is 44.1 Å². The van der Waals surface area contributed by atoms with Crippen LogP contribution in [0.5, 0.6) is 0 Å². The highest BCUT2D eigenvalue weighted by molar-refractivity contribution is 7.99. The second kappa shape index (κ2) is 6.37. The molecule has 1 aromatic heterocycles. The van der Waals surface area contributed by atoms with Gasteiger partial charge in [-0.25, -0.2) is 4.79 Å². The third kappa shape index (κ3) is 4.10. The molecular formula is C11H16N2O2S. The molecule has 4 nitrogen and oxygen atoms in total. The summed E-state index contributed by atoms with van der Waals surface area (Å²) >= 11 is 1.63. The lowest BCUT2D eigenvalue weighted by Gasteiger charge is -1.97. The molecule has 0 spiro atoms. The first-order valence-electron chi connectivity index (χ1n) is 5.10. The maximum atomic E-state index is 11.0. The number of hydrogen-bond donors (Lipinski definition) is 0. The lowest BCUT2D eigenvalue weighted by atomic mass is 10.5. The molecular weight excluding hydrogens is 224 g/mol. The Bertz CT molecular complexity index is 385. The summed E-state index contributed by atoms with van der Waals surface area (Å²) in [6.07, 6.45) is 3.25. The van der Waals surface area contributed by atoms with Crippen LogP contribution in [0, 0.1) is 6.92 Å². The number of nitrogens with zero attached hydrogens (tertiary/aromatic N) is 2. The zero-order chi connectivity index (χ0) is 12.0. The summed E-state index contributed by atoms with van der Waals surface area (Å²) in [6, 6.07) is 2.02. The van der Waals surface area contributed by atoms with E-state index in [0.717, 1.165) is 16.5 Å². The van der Waals surface area contributed by atoms with Crippen molar-refractivity contribution >= 4 is 17.7 Å². The molecule has 0 atom stereocenters. The average Bonchev–Trinajstić information content (AvgIpc) is 2.53. The number of carbonyl (C=O) groups excluding carboxylic acids is 1. The van der Waals surface area contributed by atoms with Gasteiger partial charge in [0.15, 0.2) is 0 Å². The third-order valence-electron chi connectivity index (χ3n) is 1.83. The molecule has 5 heteroatoms. The molecule has 0 aliphatic rings. The van der Waals surface area contributed by atoms with Crippen molar-refractivity contribution in [3.05, 3.63) is 23.9 Å². The highest BCUT2D eigenvalue weighted by Gasteiger charge is 2.00. The Labute approximate surface area is 99.7 Å². The molecule has 0 aliphatic carbocycles. The van der Waals surface area contributed by atoms with Crippen LogP contribution in [-0.2, 0) is 16.6 Å². The van der Waals surface area contributed by atoms with Crippen molar-refractivity contribution in [2.24, 2.45) is 7.05 Å². The van der Waals surface area contributed by atoms with Crippen LogP contribution in [0.1, 0.15) is 12.6 Å². The molecule has 88 valence electrons. The Morgan fingerprint density at radius 3 is 3.00 bits per heavy atom. The first-order chi connectivity index (χ1) is 7.63. The summed E-state index contributed by atoms with van der Waals surface area (Å²) in [5.41, 5.74) is 0.999. The normalized spacial score (nSPS) is 10.9. The fourth-order valence-electron chi connectivity index (χ4n) is 1.19. The highest BCUT2D eigenvalue weighted by Crippen LogP contribution is 2.17. The van der Waals surface area contributed by atoms with Crippen LogP contribution >= 0.6 is 11.8 Å². The van der Waals surface area contributed by atoms with Crippen LogP contribution in [0.25, 0.3) is 0 Å². The van der Waals surface area contributed by atoms with Crippen LogP contribution in [0.2, 0.25) is 0 Å². The minimum atomic E-state index is -0.288. The summed E-state index contributed by atoms with van der Waals surface area (Å²) in [5.74, 6) is 0.446. The van der Waals surface area contributed by atoms with Gasteiger partial charge in [-0.3, -0.25) is 4.68 Å². The second-order valence-corrected chi connectivity index (χ2v) is 4.25. The number of thioether (sulfide) groups is 1. The first kappa shape index (κ1) is 12.8. The van der Waals surface area contributed by atoms with Gasteiger partial charge < -0.3 is 4.74 Å². The average molecular weight is 240 g/mol. The van der Waals surface area contributed by atoms with E-state index in [2.05, 4.69) is 5.10 Å². The molecule has 0 fully saturated rings. The Kier molecular flexibility index (Phi) is 5.11. The van der Waals surface area contributed by atoms with E-state index < -0.39 is 0 Å². The van der Waals surface area contributed by atoms with Crippen LogP contribution in [-0.4, -0.2) is 28.1 Å². The van der Waals surface area contributed by atoms with Crippen molar-refractivity contribution in [3.63, 3.8) is 0 Å². The third-order valence-corrected chi connectivity index (χ3v) is 2.86. The summed E-state index contributed by atoms with van der Waals surface area (Å²) in [7, 11) is 1.91. The molecule has 1 rings (SSSR count). The van der Waals surface area contributed by atoms with Gasteiger partial charge in [0.1, 0.15) is 0 Å². The molecule has 0 saturated carbocycles. The lowest BCUT2D eigenvalue weighted by molar-refractivity contribution is -0.137. The van der Waals surface area contributed by atoms with E-state index in [1.165, 1.54) is 6.08 Å². The zero-order valence-electron chi connectivity index (χ0n) is 9.77. The first-order valence-corrected chi connectivity index (χ1v) is 6.08. The van der Waals surface area contributed by atoms with Gasteiger partial charge in [-0.2, -0.15) is 5.10 Å². The number of esters is 1. The quantitative estimate of drug-likeness (QED) is 0.448. The van der Waals surface area contributed by atoms with E-state index in [9.17, 15) is 4.79 Å². The summed E-state index contributed by atoms with van der Waals surface area (Å²) in [4.78, 5) is 11.0. The summed E-state index contributed by atoms with van der Waals surface area (Å²) in [5, 5.41) is 5.32. The number of hydrogen-bond acceptors (Lipinski definition) is 4. The maximum Gasteiger partial charge on any atom is 0.330 e. The number of rotatable bonds is 5. The van der Waals surface area contributed by atoms with Gasteiger partial charge in [0.2, 0.25) is 0 Å². The summed E-state index contributed by atoms with van der Waals surface area (Å²) in [6.45, 7) is 4.16. The van der Waals surface area contributed by atoms with Crippen LogP contribution < -0.4 is 0 Å². The highest BCUT2D eigenvalue weighted by atomic mass is 32.2. The number of aryl methyl sites for hydroxylation is 2. The van der Waals surface area contributed by atoms with Crippen molar-refractivity contribution in [1.82, 2.24) is 9.78 Å². The van der Waals surface area contributed by atoms with Crippen molar-refractivity contribution in [2.45, 2.75) is 18.9 Å². The van der Waals surface area contributed by atoms with Gasteiger partial charge in [-0.1, -0.05) is 6.08 Å². The van der Waals surface area contributed by atoms with Gasteiger partial charge in [-0.15, -0.1) is 11.8 Å². The molecule has 0 aliphatic heterocycles. The molecule has 16 heavy (non-hydrogen) atoms. The predicted molar refractivity (Wildman–Crippen MR) is 64.4 cm³/mol. The molecule has 1 aromatic rings. The minimum absolute atomic E-state index is 0.288. The molecule has 0 amide bonds. The monoisotopic (exact) mass is 240 g/mol. The minimum Gasteiger partial charge on any atom is -0.463 e. The Balaban J connectivity index is 2.35. The second-order valence-electron chi connectivity index (χ2n) is 3.21. The Morgan fingerprint density at radius 1 is 1.69 bits per heavy atom. The lowest BCUT2D eigenvalue weighted by Crippen LogP contribution is -1.99. The van der Waals surface area contributed by atoms with E-state index in [1.807, 2.05) is 24.7 Å². The van der Waals surface area contributed by atoms with Crippen molar-refractivity contribution in [1.29, 1.82) is 0 Å². The van der Waals surface area contributed by atoms with Gasteiger partial charge in [0.25, 0.3) is 0 Å².